The van der Waals surface area contributed by atoms with Crippen molar-refractivity contribution in [2.75, 3.05) is 5.73 Å². The van der Waals surface area contributed by atoms with Gasteiger partial charge in [0, 0.05) is 29.9 Å². The van der Waals surface area contributed by atoms with E-state index >= 15 is 0 Å². The van der Waals surface area contributed by atoms with Gasteiger partial charge in [0.2, 0.25) is 0 Å². The van der Waals surface area contributed by atoms with Crippen molar-refractivity contribution in [1.29, 1.82) is 0 Å². The van der Waals surface area contributed by atoms with Crippen LogP contribution >= 0.6 is 0 Å². The number of anilines is 1. The van der Waals surface area contributed by atoms with Gasteiger partial charge in [0.05, 0.1) is 5.52 Å². The number of alkyl halides is 2. The molecule has 74 valence electrons. The van der Waals surface area contributed by atoms with E-state index in [1.165, 1.54) is 6.20 Å². The number of nitrogen functional groups attached to an aromatic ring is 1. The number of fused-ring (bicyclic) bond motifs is 1. The summed E-state index contributed by atoms with van der Waals surface area (Å²) in [6.07, 6.45) is -1.00. The van der Waals surface area contributed by atoms with Crippen LogP contribution in [0.4, 0.5) is 14.5 Å². The molecule has 2 rings (SSSR count). The van der Waals surface area contributed by atoms with Gasteiger partial charge in [0.1, 0.15) is 0 Å². The Kier molecular flexibility index (Phi) is 1.91. The summed E-state index contributed by atoms with van der Waals surface area (Å²) in [5.41, 5.74) is 6.95. The Morgan fingerprint density at radius 2 is 2.07 bits per heavy atom. The van der Waals surface area contributed by atoms with E-state index in [0.29, 0.717) is 11.1 Å². The van der Waals surface area contributed by atoms with Gasteiger partial charge in [-0.2, -0.15) is 0 Å². The van der Waals surface area contributed by atoms with Crippen LogP contribution in [0, 0.1) is 0 Å². The molecule has 1 aromatic heterocycles. The third kappa shape index (κ3) is 1.23. The highest BCUT2D eigenvalue weighted by Crippen LogP contribution is 2.29. The number of benzene rings is 1. The second kappa shape index (κ2) is 2.97. The minimum Gasteiger partial charge on any atom is -0.399 e. The monoisotopic (exact) mass is 196 g/mol. The zero-order chi connectivity index (χ0) is 10.3. The smallest absolute Gasteiger partial charge is 0.265 e. The predicted molar refractivity (Wildman–Crippen MR) is 52.3 cm³/mol. The quantitative estimate of drug-likeness (QED) is 0.698. The predicted octanol–water partition coefficient (Wildman–Crippen LogP) is 2.70. The van der Waals surface area contributed by atoms with Crippen molar-refractivity contribution in [3.05, 3.63) is 30.0 Å². The number of rotatable bonds is 1. The summed E-state index contributed by atoms with van der Waals surface area (Å²) < 4.78 is 26.8. The van der Waals surface area contributed by atoms with E-state index in [1.807, 2.05) is 0 Å². The lowest BCUT2D eigenvalue weighted by molar-refractivity contribution is 0.153. The van der Waals surface area contributed by atoms with Gasteiger partial charge < -0.3 is 10.3 Å². The number of nitrogens with zero attached hydrogens (tertiary/aromatic N) is 1. The fourth-order valence-electron chi connectivity index (χ4n) is 1.61. The van der Waals surface area contributed by atoms with Crippen LogP contribution in [0.5, 0.6) is 0 Å². The molecule has 1 heterocycles. The summed E-state index contributed by atoms with van der Waals surface area (Å²) in [7, 11) is 1.73. The molecule has 0 unspecified atom stereocenters. The van der Waals surface area contributed by atoms with Crippen LogP contribution in [0.15, 0.2) is 24.4 Å². The van der Waals surface area contributed by atoms with Crippen LogP contribution in [-0.2, 0) is 7.05 Å². The van der Waals surface area contributed by atoms with Crippen molar-refractivity contribution in [2.24, 2.45) is 7.05 Å². The van der Waals surface area contributed by atoms with Crippen LogP contribution in [0.1, 0.15) is 12.0 Å². The second-order valence-electron chi connectivity index (χ2n) is 3.27. The number of aromatic nitrogens is 1. The third-order valence-corrected chi connectivity index (χ3v) is 2.28. The maximum Gasteiger partial charge on any atom is 0.265 e. The first kappa shape index (κ1) is 8.99. The highest BCUT2D eigenvalue weighted by atomic mass is 19.3. The fourth-order valence-corrected chi connectivity index (χ4v) is 1.61. The van der Waals surface area contributed by atoms with Crippen LogP contribution < -0.4 is 5.73 Å². The van der Waals surface area contributed by atoms with E-state index in [0.717, 1.165) is 5.52 Å². The molecule has 2 N–H and O–H groups in total. The van der Waals surface area contributed by atoms with Gasteiger partial charge in [-0.3, -0.25) is 0 Å². The Hall–Kier alpha value is -1.58. The van der Waals surface area contributed by atoms with Gasteiger partial charge in [0.25, 0.3) is 6.43 Å². The van der Waals surface area contributed by atoms with Crippen molar-refractivity contribution in [3.63, 3.8) is 0 Å². The molecular formula is C10H10F2N2. The summed E-state index contributed by atoms with van der Waals surface area (Å²) in [6, 6.07) is 4.96. The second-order valence-corrected chi connectivity index (χ2v) is 3.27. The Bertz CT molecular complexity index is 474. The summed E-state index contributed by atoms with van der Waals surface area (Å²) in [6.45, 7) is 0. The molecule has 0 aliphatic heterocycles. The molecular weight excluding hydrogens is 186 g/mol. The van der Waals surface area contributed by atoms with Gasteiger partial charge in [-0.25, -0.2) is 8.78 Å². The number of halogens is 2. The number of aryl methyl sites for hydroxylation is 1. The summed E-state index contributed by atoms with van der Waals surface area (Å²) in [5.74, 6) is 0. The lowest BCUT2D eigenvalue weighted by Gasteiger charge is -1.98. The van der Waals surface area contributed by atoms with Gasteiger partial charge in [0.15, 0.2) is 0 Å². The number of hydrogen-bond donors (Lipinski definition) is 1. The van der Waals surface area contributed by atoms with Crippen molar-refractivity contribution >= 4 is 16.6 Å². The van der Waals surface area contributed by atoms with Gasteiger partial charge >= 0.3 is 0 Å². The summed E-state index contributed by atoms with van der Waals surface area (Å²) in [5, 5.41) is 0.566. The number of hydrogen-bond acceptors (Lipinski definition) is 1. The topological polar surface area (TPSA) is 30.9 Å². The van der Waals surface area contributed by atoms with E-state index in [-0.39, 0.29) is 5.56 Å². The molecule has 0 amide bonds. The third-order valence-electron chi connectivity index (χ3n) is 2.28. The molecule has 0 aliphatic carbocycles. The summed E-state index contributed by atoms with van der Waals surface area (Å²) >= 11 is 0. The van der Waals surface area contributed by atoms with E-state index in [9.17, 15) is 8.78 Å². The fraction of sp³-hybridized carbons (Fsp3) is 0.200. The molecule has 1 aromatic carbocycles. The van der Waals surface area contributed by atoms with E-state index in [1.54, 1.807) is 29.8 Å². The molecule has 0 aliphatic rings. The van der Waals surface area contributed by atoms with Crippen LogP contribution in [0.3, 0.4) is 0 Å². The van der Waals surface area contributed by atoms with Crippen molar-refractivity contribution in [2.45, 2.75) is 6.43 Å². The highest BCUT2D eigenvalue weighted by molar-refractivity contribution is 5.86. The first-order valence-electron chi connectivity index (χ1n) is 4.22. The largest absolute Gasteiger partial charge is 0.399 e. The van der Waals surface area contributed by atoms with Crippen molar-refractivity contribution in [3.8, 4) is 0 Å². The van der Waals surface area contributed by atoms with E-state index < -0.39 is 6.43 Å². The minimum absolute atomic E-state index is 0.0579. The Labute approximate surface area is 79.9 Å². The Morgan fingerprint density at radius 1 is 1.36 bits per heavy atom. The first-order chi connectivity index (χ1) is 6.59. The average molecular weight is 196 g/mol. The molecule has 2 nitrogen and oxygen atoms in total. The molecule has 0 fully saturated rings. The molecule has 0 spiro atoms. The van der Waals surface area contributed by atoms with E-state index in [2.05, 4.69) is 0 Å². The van der Waals surface area contributed by atoms with Crippen molar-refractivity contribution < 1.29 is 8.78 Å². The molecule has 0 radical (unpaired) electrons. The molecule has 4 heteroatoms. The minimum atomic E-state index is -2.44. The Balaban J connectivity index is 2.77. The lowest BCUT2D eigenvalue weighted by atomic mass is 10.1. The number of nitrogens with two attached hydrogens (primary N) is 1. The maximum atomic E-state index is 12.6. The normalized spacial score (nSPS) is 11.4. The average Bonchev–Trinajstić information content (AvgIpc) is 2.44. The van der Waals surface area contributed by atoms with E-state index in [4.69, 9.17) is 5.73 Å². The van der Waals surface area contributed by atoms with Gasteiger partial charge in [-0.05, 0) is 12.1 Å². The lowest BCUT2D eigenvalue weighted by Crippen LogP contribution is -1.87. The molecule has 14 heavy (non-hydrogen) atoms. The van der Waals surface area contributed by atoms with Crippen LogP contribution in [0.2, 0.25) is 0 Å². The molecule has 0 saturated heterocycles. The molecule has 0 atom stereocenters. The standard InChI is InChI=1S/C10H10F2N2/c1-14-5-8(10(11)12)7-3-2-6(13)4-9(7)14/h2-5,10H,13H2,1H3. The molecule has 2 aromatic rings. The molecule has 0 saturated carbocycles. The highest BCUT2D eigenvalue weighted by Gasteiger charge is 2.14. The van der Waals surface area contributed by atoms with Gasteiger partial charge in [-0.1, -0.05) is 6.07 Å². The summed E-state index contributed by atoms with van der Waals surface area (Å²) in [4.78, 5) is 0. The maximum absolute atomic E-state index is 12.6. The molecule has 0 bridgehead atoms. The SMILES string of the molecule is Cn1cc(C(F)F)c2ccc(N)cc21. The zero-order valence-electron chi connectivity index (χ0n) is 7.67. The van der Waals surface area contributed by atoms with Crippen LogP contribution in [0.25, 0.3) is 10.9 Å². The Morgan fingerprint density at radius 3 is 2.71 bits per heavy atom. The van der Waals surface area contributed by atoms with Crippen molar-refractivity contribution in [1.82, 2.24) is 4.57 Å². The van der Waals surface area contributed by atoms with Crippen LogP contribution in [-0.4, -0.2) is 4.57 Å². The van der Waals surface area contributed by atoms with Gasteiger partial charge in [-0.15, -0.1) is 0 Å². The zero-order valence-corrected chi connectivity index (χ0v) is 7.67. The first-order valence-corrected chi connectivity index (χ1v) is 4.22.